The molecule has 0 fully saturated rings. The molecule has 1 heterocycles. The molecule has 0 radical (unpaired) electrons. The van der Waals surface area contributed by atoms with E-state index in [4.69, 9.17) is 0 Å². The third-order valence-electron chi connectivity index (χ3n) is 2.67. The molecule has 0 aliphatic heterocycles. The number of aromatic amines is 1. The summed E-state index contributed by atoms with van der Waals surface area (Å²) in [6, 6.07) is 8.47. The van der Waals surface area contributed by atoms with Gasteiger partial charge in [-0.25, -0.2) is 0 Å². The molecule has 1 aromatic carbocycles. The minimum absolute atomic E-state index is 0.971. The number of aryl methyl sites for hydroxylation is 1. The molecule has 0 atom stereocenters. The van der Waals surface area contributed by atoms with Crippen LogP contribution >= 0.6 is 0 Å². The Morgan fingerprint density at radius 3 is 3.00 bits per heavy atom. The molecule has 2 rings (SSSR count). The van der Waals surface area contributed by atoms with Crippen molar-refractivity contribution in [1.29, 1.82) is 0 Å². The van der Waals surface area contributed by atoms with Gasteiger partial charge in [0, 0.05) is 5.56 Å². The number of rotatable bonds is 4. The minimum Gasteiger partial charge on any atom is -0.319 e. The van der Waals surface area contributed by atoms with Gasteiger partial charge in [0.2, 0.25) is 0 Å². The second kappa shape index (κ2) is 4.94. The van der Waals surface area contributed by atoms with Crippen LogP contribution in [0, 0.1) is 6.92 Å². The van der Waals surface area contributed by atoms with E-state index in [1.165, 1.54) is 16.7 Å². The largest absolute Gasteiger partial charge is 0.319 e. The fourth-order valence-corrected chi connectivity index (χ4v) is 1.81. The third kappa shape index (κ3) is 2.31. The fraction of sp³-hybridized carbons (Fsp3) is 0.308. The predicted octanol–water partition coefficient (Wildman–Crippen LogP) is 2.15. The van der Waals surface area contributed by atoms with Crippen LogP contribution in [-0.4, -0.2) is 23.8 Å². The van der Waals surface area contributed by atoms with Gasteiger partial charge in [-0.15, -0.1) is 0 Å². The molecule has 0 saturated heterocycles. The van der Waals surface area contributed by atoms with E-state index in [1.807, 2.05) is 13.2 Å². The second-order valence-electron chi connectivity index (χ2n) is 3.99. The van der Waals surface area contributed by atoms with Crippen molar-refractivity contribution in [3.05, 3.63) is 41.6 Å². The zero-order chi connectivity index (χ0) is 11.4. The molecule has 0 saturated carbocycles. The zero-order valence-electron chi connectivity index (χ0n) is 9.75. The maximum Gasteiger partial charge on any atom is 0.0682 e. The summed E-state index contributed by atoms with van der Waals surface area (Å²) < 4.78 is 0. The van der Waals surface area contributed by atoms with Crippen LogP contribution in [-0.2, 0) is 6.42 Å². The Morgan fingerprint density at radius 1 is 1.38 bits per heavy atom. The lowest BCUT2D eigenvalue weighted by Gasteiger charge is -2.04. The van der Waals surface area contributed by atoms with Crippen molar-refractivity contribution < 1.29 is 0 Å². The highest BCUT2D eigenvalue weighted by Gasteiger charge is 2.06. The lowest BCUT2D eigenvalue weighted by molar-refractivity contribution is 0.793. The van der Waals surface area contributed by atoms with Crippen LogP contribution < -0.4 is 5.32 Å². The summed E-state index contributed by atoms with van der Waals surface area (Å²) in [6.45, 7) is 3.07. The highest BCUT2D eigenvalue weighted by atomic mass is 15.1. The van der Waals surface area contributed by atoms with Gasteiger partial charge < -0.3 is 5.32 Å². The molecule has 0 bridgehead atoms. The highest BCUT2D eigenvalue weighted by molar-refractivity contribution is 5.63. The van der Waals surface area contributed by atoms with Crippen molar-refractivity contribution in [2.24, 2.45) is 0 Å². The molecule has 0 amide bonds. The van der Waals surface area contributed by atoms with E-state index in [0.29, 0.717) is 0 Å². The number of hydrogen-bond acceptors (Lipinski definition) is 2. The van der Waals surface area contributed by atoms with Crippen LogP contribution in [0.25, 0.3) is 11.3 Å². The number of benzene rings is 1. The predicted molar refractivity (Wildman–Crippen MR) is 66.4 cm³/mol. The summed E-state index contributed by atoms with van der Waals surface area (Å²) in [4.78, 5) is 0. The monoisotopic (exact) mass is 215 g/mol. The molecule has 3 nitrogen and oxygen atoms in total. The number of hydrogen-bond donors (Lipinski definition) is 2. The van der Waals surface area contributed by atoms with Crippen molar-refractivity contribution in [2.45, 2.75) is 13.3 Å². The van der Waals surface area contributed by atoms with Crippen LogP contribution in [0.4, 0.5) is 0 Å². The second-order valence-corrected chi connectivity index (χ2v) is 3.99. The summed E-state index contributed by atoms with van der Waals surface area (Å²) in [5, 5.41) is 10.4. The Labute approximate surface area is 95.9 Å². The van der Waals surface area contributed by atoms with Gasteiger partial charge in [-0.2, -0.15) is 5.10 Å². The van der Waals surface area contributed by atoms with Crippen molar-refractivity contribution in [1.82, 2.24) is 15.5 Å². The minimum atomic E-state index is 0.971. The molecule has 0 aliphatic rings. The first-order valence-corrected chi connectivity index (χ1v) is 5.55. The van der Waals surface area contributed by atoms with E-state index in [-0.39, 0.29) is 0 Å². The van der Waals surface area contributed by atoms with Crippen LogP contribution in [0.5, 0.6) is 0 Å². The van der Waals surface area contributed by atoms with Crippen molar-refractivity contribution in [2.75, 3.05) is 13.6 Å². The van der Waals surface area contributed by atoms with Crippen LogP contribution in [0.3, 0.4) is 0 Å². The normalized spacial score (nSPS) is 10.6. The molecule has 2 N–H and O–H groups in total. The molecule has 84 valence electrons. The van der Waals surface area contributed by atoms with Crippen molar-refractivity contribution in [3.63, 3.8) is 0 Å². The number of nitrogens with zero attached hydrogens (tertiary/aromatic N) is 1. The fourth-order valence-electron chi connectivity index (χ4n) is 1.81. The highest BCUT2D eigenvalue weighted by Crippen LogP contribution is 2.21. The summed E-state index contributed by atoms with van der Waals surface area (Å²) >= 11 is 0. The Bertz CT molecular complexity index is 460. The van der Waals surface area contributed by atoms with Crippen LogP contribution in [0.2, 0.25) is 0 Å². The van der Waals surface area contributed by atoms with Gasteiger partial charge in [-0.3, -0.25) is 5.10 Å². The smallest absolute Gasteiger partial charge is 0.0682 e. The Morgan fingerprint density at radius 2 is 2.25 bits per heavy atom. The SMILES string of the molecule is CNCCc1cn[nH]c1-c1cccc(C)c1. The lowest BCUT2D eigenvalue weighted by Crippen LogP contribution is -2.10. The maximum absolute atomic E-state index is 4.13. The molecule has 3 heteroatoms. The quantitative estimate of drug-likeness (QED) is 0.820. The average molecular weight is 215 g/mol. The van der Waals surface area contributed by atoms with E-state index in [1.54, 1.807) is 0 Å². The van der Waals surface area contributed by atoms with Gasteiger partial charge in [-0.05, 0) is 38.6 Å². The van der Waals surface area contributed by atoms with Gasteiger partial charge in [0.25, 0.3) is 0 Å². The van der Waals surface area contributed by atoms with E-state index >= 15 is 0 Å². The molecule has 0 unspecified atom stereocenters. The Balaban J connectivity index is 2.29. The first kappa shape index (κ1) is 10.9. The molecule has 0 spiro atoms. The van der Waals surface area contributed by atoms with Gasteiger partial charge in [0.05, 0.1) is 11.9 Å². The lowest BCUT2D eigenvalue weighted by atomic mass is 10.0. The first-order valence-electron chi connectivity index (χ1n) is 5.55. The summed E-state index contributed by atoms with van der Waals surface area (Å²) in [7, 11) is 1.96. The molecule has 16 heavy (non-hydrogen) atoms. The topological polar surface area (TPSA) is 40.7 Å². The average Bonchev–Trinajstić information content (AvgIpc) is 2.74. The number of nitrogens with one attached hydrogen (secondary N) is 2. The maximum atomic E-state index is 4.13. The molecular weight excluding hydrogens is 198 g/mol. The number of likely N-dealkylation sites (N-methyl/N-ethyl adjacent to an activating group) is 1. The number of aromatic nitrogens is 2. The number of H-pyrrole nitrogens is 1. The Hall–Kier alpha value is -1.61. The first-order chi connectivity index (χ1) is 7.81. The standard InChI is InChI=1S/C13H17N3/c1-10-4-3-5-11(8-10)13-12(6-7-14-2)9-15-16-13/h3-5,8-9,14H,6-7H2,1-2H3,(H,15,16). The van der Waals surface area contributed by atoms with Gasteiger partial charge >= 0.3 is 0 Å². The van der Waals surface area contributed by atoms with Gasteiger partial charge in [0.1, 0.15) is 0 Å². The summed E-state index contributed by atoms with van der Waals surface area (Å²) in [5.74, 6) is 0. The van der Waals surface area contributed by atoms with E-state index in [2.05, 4.69) is 46.7 Å². The van der Waals surface area contributed by atoms with E-state index in [9.17, 15) is 0 Å². The van der Waals surface area contributed by atoms with Gasteiger partial charge in [-0.1, -0.05) is 23.8 Å². The third-order valence-corrected chi connectivity index (χ3v) is 2.67. The molecule has 1 aromatic heterocycles. The molecular formula is C13H17N3. The van der Waals surface area contributed by atoms with Crippen LogP contribution in [0.1, 0.15) is 11.1 Å². The van der Waals surface area contributed by atoms with Crippen molar-refractivity contribution in [3.8, 4) is 11.3 Å². The Kier molecular flexibility index (Phi) is 3.37. The van der Waals surface area contributed by atoms with E-state index in [0.717, 1.165) is 18.7 Å². The van der Waals surface area contributed by atoms with Crippen LogP contribution in [0.15, 0.2) is 30.5 Å². The van der Waals surface area contributed by atoms with Crippen molar-refractivity contribution >= 4 is 0 Å². The van der Waals surface area contributed by atoms with Gasteiger partial charge in [0.15, 0.2) is 0 Å². The summed E-state index contributed by atoms with van der Waals surface area (Å²) in [6.07, 6.45) is 2.91. The zero-order valence-corrected chi connectivity index (χ0v) is 9.75. The molecule has 2 aromatic rings. The summed E-state index contributed by atoms with van der Waals surface area (Å²) in [5.41, 5.74) is 4.88. The van der Waals surface area contributed by atoms with E-state index < -0.39 is 0 Å². The molecule has 0 aliphatic carbocycles.